The Morgan fingerprint density at radius 3 is 2.03 bits per heavy atom. The van der Waals surface area contributed by atoms with Crippen molar-refractivity contribution < 1.29 is 14.4 Å². The molecule has 0 saturated heterocycles. The van der Waals surface area contributed by atoms with Gasteiger partial charge in [-0.05, 0) is 48.6 Å². The Morgan fingerprint density at radius 1 is 0.897 bits per heavy atom. The zero-order valence-corrected chi connectivity index (χ0v) is 16.8. The SMILES string of the molecule is CC(C)C(NC(=O)Cc1ccccc1)C(=O)Nc1ccc(NC(=O)C2CC2)cc1. The molecule has 0 aromatic heterocycles. The van der Waals surface area contributed by atoms with Crippen LogP contribution in [0.5, 0.6) is 0 Å². The number of anilines is 2. The van der Waals surface area contributed by atoms with Crippen LogP contribution < -0.4 is 16.0 Å². The van der Waals surface area contributed by atoms with Crippen LogP contribution in [-0.4, -0.2) is 23.8 Å². The fraction of sp³-hybridized carbons (Fsp3) is 0.348. The molecule has 0 spiro atoms. The Kier molecular flexibility index (Phi) is 6.65. The summed E-state index contributed by atoms with van der Waals surface area (Å²) in [6.45, 7) is 3.78. The summed E-state index contributed by atoms with van der Waals surface area (Å²) in [5.41, 5.74) is 2.22. The van der Waals surface area contributed by atoms with Crippen molar-refractivity contribution in [3.05, 3.63) is 60.2 Å². The molecule has 2 aromatic carbocycles. The van der Waals surface area contributed by atoms with Gasteiger partial charge >= 0.3 is 0 Å². The first-order valence-corrected chi connectivity index (χ1v) is 9.97. The summed E-state index contributed by atoms with van der Waals surface area (Å²) < 4.78 is 0. The Morgan fingerprint density at radius 2 is 1.48 bits per heavy atom. The lowest BCUT2D eigenvalue weighted by molar-refractivity contribution is -0.127. The highest BCUT2D eigenvalue weighted by molar-refractivity contribution is 5.98. The van der Waals surface area contributed by atoms with Crippen LogP contribution >= 0.6 is 0 Å². The van der Waals surface area contributed by atoms with Crippen molar-refractivity contribution in [3.8, 4) is 0 Å². The highest BCUT2D eigenvalue weighted by atomic mass is 16.2. The molecule has 2 aromatic rings. The first-order chi connectivity index (χ1) is 13.9. The van der Waals surface area contributed by atoms with Crippen molar-refractivity contribution in [1.29, 1.82) is 0 Å². The van der Waals surface area contributed by atoms with E-state index in [0.717, 1.165) is 18.4 Å². The highest BCUT2D eigenvalue weighted by Gasteiger charge is 2.29. The fourth-order valence-corrected chi connectivity index (χ4v) is 2.99. The zero-order valence-electron chi connectivity index (χ0n) is 16.8. The summed E-state index contributed by atoms with van der Waals surface area (Å²) in [7, 11) is 0. The molecule has 1 saturated carbocycles. The molecule has 0 radical (unpaired) electrons. The van der Waals surface area contributed by atoms with E-state index in [0.29, 0.717) is 11.4 Å². The van der Waals surface area contributed by atoms with E-state index >= 15 is 0 Å². The molecular weight excluding hydrogens is 366 g/mol. The second-order valence-corrected chi connectivity index (χ2v) is 7.78. The van der Waals surface area contributed by atoms with E-state index in [-0.39, 0.29) is 36.0 Å². The van der Waals surface area contributed by atoms with Gasteiger partial charge < -0.3 is 16.0 Å². The van der Waals surface area contributed by atoms with E-state index in [4.69, 9.17) is 0 Å². The van der Waals surface area contributed by atoms with Crippen molar-refractivity contribution in [2.45, 2.75) is 39.2 Å². The van der Waals surface area contributed by atoms with Gasteiger partial charge in [-0.1, -0.05) is 44.2 Å². The van der Waals surface area contributed by atoms with Gasteiger partial charge in [0.15, 0.2) is 0 Å². The average molecular weight is 393 g/mol. The van der Waals surface area contributed by atoms with Gasteiger partial charge in [0.1, 0.15) is 6.04 Å². The van der Waals surface area contributed by atoms with Crippen molar-refractivity contribution in [2.24, 2.45) is 11.8 Å². The summed E-state index contributed by atoms with van der Waals surface area (Å²) in [5, 5.41) is 8.54. The van der Waals surface area contributed by atoms with Crippen LogP contribution in [0.25, 0.3) is 0 Å². The number of carbonyl (C=O) groups is 3. The van der Waals surface area contributed by atoms with Crippen LogP contribution in [-0.2, 0) is 20.8 Å². The third kappa shape index (κ3) is 6.17. The molecule has 3 N–H and O–H groups in total. The van der Waals surface area contributed by atoms with Crippen molar-refractivity contribution in [1.82, 2.24) is 5.32 Å². The van der Waals surface area contributed by atoms with Gasteiger partial charge in [-0.2, -0.15) is 0 Å². The average Bonchev–Trinajstić information content (AvgIpc) is 3.53. The van der Waals surface area contributed by atoms with E-state index in [1.165, 1.54) is 0 Å². The standard InChI is InChI=1S/C23H27N3O3/c1-15(2)21(26-20(27)14-16-6-4-3-5-7-16)23(29)25-19-12-10-18(11-13-19)24-22(28)17-8-9-17/h3-7,10-13,15,17,21H,8-9,14H2,1-2H3,(H,24,28)(H,25,29)(H,26,27). The van der Waals surface area contributed by atoms with Crippen LogP contribution in [0.3, 0.4) is 0 Å². The highest BCUT2D eigenvalue weighted by Crippen LogP contribution is 2.30. The summed E-state index contributed by atoms with van der Waals surface area (Å²) in [4.78, 5) is 36.9. The zero-order chi connectivity index (χ0) is 20.8. The first-order valence-electron chi connectivity index (χ1n) is 9.97. The molecule has 3 rings (SSSR count). The minimum Gasteiger partial charge on any atom is -0.344 e. The quantitative estimate of drug-likeness (QED) is 0.643. The van der Waals surface area contributed by atoms with Gasteiger partial charge in [-0.3, -0.25) is 14.4 Å². The van der Waals surface area contributed by atoms with E-state index < -0.39 is 6.04 Å². The lowest BCUT2D eigenvalue weighted by Crippen LogP contribution is -2.47. The number of carbonyl (C=O) groups excluding carboxylic acids is 3. The predicted molar refractivity (Wildman–Crippen MR) is 113 cm³/mol. The summed E-state index contributed by atoms with van der Waals surface area (Å²) >= 11 is 0. The molecular formula is C23H27N3O3. The van der Waals surface area contributed by atoms with Crippen molar-refractivity contribution in [3.63, 3.8) is 0 Å². The summed E-state index contributed by atoms with van der Waals surface area (Å²) in [6.07, 6.45) is 2.13. The minimum atomic E-state index is -0.638. The third-order valence-corrected chi connectivity index (χ3v) is 4.84. The maximum absolute atomic E-state index is 12.7. The predicted octanol–water partition coefficient (Wildman–Crippen LogP) is 3.36. The van der Waals surface area contributed by atoms with Gasteiger partial charge in [0.05, 0.1) is 6.42 Å². The van der Waals surface area contributed by atoms with Crippen LogP contribution in [0.4, 0.5) is 11.4 Å². The number of amides is 3. The third-order valence-electron chi connectivity index (χ3n) is 4.84. The largest absolute Gasteiger partial charge is 0.344 e. The first kappa shape index (κ1) is 20.6. The Bertz CT molecular complexity index is 859. The van der Waals surface area contributed by atoms with Gasteiger partial charge in [-0.25, -0.2) is 0 Å². The molecule has 6 heteroatoms. The lowest BCUT2D eigenvalue weighted by Gasteiger charge is -2.22. The van der Waals surface area contributed by atoms with Gasteiger partial charge in [0, 0.05) is 17.3 Å². The Labute approximate surface area is 171 Å². The second kappa shape index (κ2) is 9.37. The number of nitrogens with one attached hydrogen (secondary N) is 3. The normalized spacial score (nSPS) is 14.2. The number of hydrogen-bond donors (Lipinski definition) is 3. The van der Waals surface area contributed by atoms with Crippen molar-refractivity contribution in [2.75, 3.05) is 10.6 Å². The van der Waals surface area contributed by atoms with Crippen molar-refractivity contribution >= 4 is 29.1 Å². The van der Waals surface area contributed by atoms with Crippen LogP contribution in [0, 0.1) is 11.8 Å². The van der Waals surface area contributed by atoms with Crippen LogP contribution in [0.1, 0.15) is 32.3 Å². The van der Waals surface area contributed by atoms with Gasteiger partial charge in [-0.15, -0.1) is 0 Å². The lowest BCUT2D eigenvalue weighted by atomic mass is 10.0. The van der Waals surface area contributed by atoms with E-state index in [1.807, 2.05) is 44.2 Å². The van der Waals surface area contributed by atoms with E-state index in [1.54, 1.807) is 24.3 Å². The molecule has 152 valence electrons. The maximum Gasteiger partial charge on any atom is 0.247 e. The second-order valence-electron chi connectivity index (χ2n) is 7.78. The van der Waals surface area contributed by atoms with Crippen LogP contribution in [0.2, 0.25) is 0 Å². The molecule has 3 amide bonds. The number of rotatable bonds is 8. The Balaban J connectivity index is 1.55. The maximum atomic E-state index is 12.7. The van der Waals surface area contributed by atoms with E-state index in [2.05, 4.69) is 16.0 Å². The molecule has 0 aliphatic heterocycles. The molecule has 1 aliphatic carbocycles. The summed E-state index contributed by atoms with van der Waals surface area (Å²) in [6, 6.07) is 15.8. The number of benzene rings is 2. The smallest absolute Gasteiger partial charge is 0.247 e. The fourth-order valence-electron chi connectivity index (χ4n) is 2.99. The molecule has 1 aliphatic rings. The molecule has 0 bridgehead atoms. The Hall–Kier alpha value is -3.15. The topological polar surface area (TPSA) is 87.3 Å². The number of hydrogen-bond acceptors (Lipinski definition) is 3. The van der Waals surface area contributed by atoms with Gasteiger partial charge in [0.25, 0.3) is 0 Å². The molecule has 29 heavy (non-hydrogen) atoms. The molecule has 0 heterocycles. The van der Waals surface area contributed by atoms with Crippen LogP contribution in [0.15, 0.2) is 54.6 Å². The minimum absolute atomic E-state index is 0.0442. The molecule has 1 unspecified atom stereocenters. The monoisotopic (exact) mass is 393 g/mol. The molecule has 6 nitrogen and oxygen atoms in total. The molecule has 1 fully saturated rings. The van der Waals surface area contributed by atoms with E-state index in [9.17, 15) is 14.4 Å². The summed E-state index contributed by atoms with van der Waals surface area (Å²) in [5.74, 6) is -0.338. The molecule has 1 atom stereocenters. The van der Waals surface area contributed by atoms with Gasteiger partial charge in [0.2, 0.25) is 17.7 Å².